The number of aromatic nitrogens is 2. The van der Waals surface area contributed by atoms with Crippen LogP contribution in [-0.2, 0) is 11.3 Å². The highest BCUT2D eigenvalue weighted by atomic mass is 16.1. The molecule has 2 aromatic carbocycles. The lowest BCUT2D eigenvalue weighted by molar-refractivity contribution is -0.116. The maximum Gasteiger partial charge on any atom is 0.244 e. The van der Waals surface area contributed by atoms with Crippen LogP contribution < -0.4 is 11.1 Å². The first-order chi connectivity index (χ1) is 11.0. The van der Waals surface area contributed by atoms with E-state index < -0.39 is 0 Å². The molecule has 1 amide bonds. The standard InChI is InChI=1S/C18H20N4O/c1-11-7-8-15(12(2)9-11)21-17(23)10-22-13(3)20-18-14(19)5-4-6-16(18)22/h4-9H,10,19H2,1-3H3,(H,21,23). The number of carbonyl (C=O) groups is 1. The third kappa shape index (κ3) is 2.90. The number of nitrogens with two attached hydrogens (primary N) is 1. The fourth-order valence-corrected chi connectivity index (χ4v) is 2.77. The summed E-state index contributed by atoms with van der Waals surface area (Å²) in [4.78, 5) is 16.9. The second kappa shape index (κ2) is 5.76. The number of carbonyl (C=O) groups excluding carboxylic acids is 1. The van der Waals surface area contributed by atoms with Crippen molar-refractivity contribution in [2.45, 2.75) is 27.3 Å². The summed E-state index contributed by atoms with van der Waals surface area (Å²) in [6.45, 7) is 6.11. The van der Waals surface area contributed by atoms with Crippen LogP contribution in [0, 0.1) is 20.8 Å². The van der Waals surface area contributed by atoms with Crippen molar-refractivity contribution in [1.29, 1.82) is 0 Å². The summed E-state index contributed by atoms with van der Waals surface area (Å²) in [5.41, 5.74) is 11.2. The van der Waals surface area contributed by atoms with Crippen molar-refractivity contribution in [1.82, 2.24) is 9.55 Å². The highest BCUT2D eigenvalue weighted by Crippen LogP contribution is 2.22. The number of benzene rings is 2. The Bertz CT molecular complexity index is 895. The zero-order chi connectivity index (χ0) is 16.6. The van der Waals surface area contributed by atoms with E-state index in [4.69, 9.17) is 5.73 Å². The maximum atomic E-state index is 12.4. The quantitative estimate of drug-likeness (QED) is 0.730. The molecule has 3 N–H and O–H groups in total. The Kier molecular flexibility index (Phi) is 3.78. The van der Waals surface area contributed by atoms with Gasteiger partial charge in [-0.2, -0.15) is 0 Å². The van der Waals surface area contributed by atoms with Gasteiger partial charge in [0, 0.05) is 5.69 Å². The number of nitrogen functional groups attached to an aromatic ring is 1. The number of hydrogen-bond acceptors (Lipinski definition) is 3. The first-order valence-corrected chi connectivity index (χ1v) is 7.54. The van der Waals surface area contributed by atoms with Crippen LogP contribution in [0.2, 0.25) is 0 Å². The Morgan fingerprint density at radius 3 is 2.74 bits per heavy atom. The van der Waals surface area contributed by atoms with E-state index >= 15 is 0 Å². The van der Waals surface area contributed by atoms with Gasteiger partial charge in [-0.05, 0) is 44.5 Å². The van der Waals surface area contributed by atoms with E-state index in [-0.39, 0.29) is 12.5 Å². The third-order valence-electron chi connectivity index (χ3n) is 3.96. The molecule has 1 heterocycles. The number of amides is 1. The molecule has 0 radical (unpaired) electrons. The van der Waals surface area contributed by atoms with E-state index in [1.807, 2.05) is 61.7 Å². The Labute approximate surface area is 135 Å². The molecule has 23 heavy (non-hydrogen) atoms. The fourth-order valence-electron chi connectivity index (χ4n) is 2.77. The largest absolute Gasteiger partial charge is 0.397 e. The van der Waals surface area contributed by atoms with Crippen molar-refractivity contribution in [3.63, 3.8) is 0 Å². The highest BCUT2D eigenvalue weighted by molar-refractivity contribution is 5.93. The van der Waals surface area contributed by atoms with Gasteiger partial charge in [-0.3, -0.25) is 4.79 Å². The van der Waals surface area contributed by atoms with E-state index in [9.17, 15) is 4.79 Å². The predicted octanol–water partition coefficient (Wildman–Crippen LogP) is 3.18. The van der Waals surface area contributed by atoms with Gasteiger partial charge in [-0.15, -0.1) is 0 Å². The van der Waals surface area contributed by atoms with Crippen molar-refractivity contribution in [3.05, 3.63) is 53.3 Å². The Hall–Kier alpha value is -2.82. The number of hydrogen-bond donors (Lipinski definition) is 2. The molecule has 0 aliphatic carbocycles. The maximum absolute atomic E-state index is 12.4. The van der Waals surface area contributed by atoms with E-state index in [1.54, 1.807) is 0 Å². The molecular weight excluding hydrogens is 288 g/mol. The van der Waals surface area contributed by atoms with Crippen LogP contribution in [-0.4, -0.2) is 15.5 Å². The summed E-state index contributed by atoms with van der Waals surface area (Å²) in [7, 11) is 0. The van der Waals surface area contributed by atoms with Crippen molar-refractivity contribution in [2.24, 2.45) is 0 Å². The lowest BCUT2D eigenvalue weighted by Gasteiger charge is -2.11. The van der Waals surface area contributed by atoms with Gasteiger partial charge < -0.3 is 15.6 Å². The lowest BCUT2D eigenvalue weighted by Crippen LogP contribution is -2.20. The monoisotopic (exact) mass is 308 g/mol. The Morgan fingerprint density at radius 1 is 1.22 bits per heavy atom. The zero-order valence-corrected chi connectivity index (χ0v) is 13.6. The van der Waals surface area contributed by atoms with Crippen molar-refractivity contribution < 1.29 is 4.79 Å². The smallest absolute Gasteiger partial charge is 0.244 e. The molecule has 5 heteroatoms. The van der Waals surface area contributed by atoms with Crippen molar-refractivity contribution >= 4 is 28.3 Å². The molecule has 3 rings (SSSR count). The van der Waals surface area contributed by atoms with E-state index in [2.05, 4.69) is 10.3 Å². The first-order valence-electron chi connectivity index (χ1n) is 7.54. The van der Waals surface area contributed by atoms with Gasteiger partial charge in [0.2, 0.25) is 5.91 Å². The molecule has 0 aliphatic rings. The normalized spacial score (nSPS) is 10.9. The third-order valence-corrected chi connectivity index (χ3v) is 3.96. The molecule has 0 aliphatic heterocycles. The second-order valence-corrected chi connectivity index (χ2v) is 5.83. The van der Waals surface area contributed by atoms with Crippen molar-refractivity contribution in [3.8, 4) is 0 Å². The number of aryl methyl sites for hydroxylation is 3. The number of imidazole rings is 1. The lowest BCUT2D eigenvalue weighted by atomic mass is 10.1. The van der Waals surface area contributed by atoms with Crippen molar-refractivity contribution in [2.75, 3.05) is 11.1 Å². The molecule has 3 aromatic rings. The summed E-state index contributed by atoms with van der Waals surface area (Å²) in [6.07, 6.45) is 0. The van der Waals surface area contributed by atoms with Gasteiger partial charge in [-0.1, -0.05) is 23.8 Å². The minimum Gasteiger partial charge on any atom is -0.397 e. The summed E-state index contributed by atoms with van der Waals surface area (Å²) in [5, 5.41) is 2.96. The summed E-state index contributed by atoms with van der Waals surface area (Å²) in [5.74, 6) is 0.690. The van der Waals surface area contributed by atoms with Crippen LogP contribution in [0.15, 0.2) is 36.4 Å². The minimum absolute atomic E-state index is 0.0817. The summed E-state index contributed by atoms with van der Waals surface area (Å²) in [6, 6.07) is 11.6. The van der Waals surface area contributed by atoms with Crippen LogP contribution >= 0.6 is 0 Å². The molecule has 0 atom stereocenters. The van der Waals surface area contributed by atoms with Crippen LogP contribution in [0.1, 0.15) is 17.0 Å². The molecular formula is C18H20N4O. The number of rotatable bonds is 3. The summed E-state index contributed by atoms with van der Waals surface area (Å²) < 4.78 is 1.88. The molecule has 118 valence electrons. The zero-order valence-electron chi connectivity index (χ0n) is 13.6. The molecule has 0 unspecified atom stereocenters. The van der Waals surface area contributed by atoms with Gasteiger partial charge >= 0.3 is 0 Å². The molecule has 0 fully saturated rings. The average Bonchev–Trinajstić information content (AvgIpc) is 2.80. The number of nitrogens with one attached hydrogen (secondary N) is 1. The number of anilines is 2. The van der Waals surface area contributed by atoms with Gasteiger partial charge in [-0.25, -0.2) is 4.98 Å². The molecule has 0 saturated carbocycles. The van der Waals surface area contributed by atoms with E-state index in [0.29, 0.717) is 5.69 Å². The van der Waals surface area contributed by atoms with E-state index in [0.717, 1.165) is 28.1 Å². The first kappa shape index (κ1) is 15.1. The number of nitrogens with zero attached hydrogens (tertiary/aromatic N) is 2. The molecule has 1 aromatic heterocycles. The Morgan fingerprint density at radius 2 is 2.00 bits per heavy atom. The fraction of sp³-hybridized carbons (Fsp3) is 0.222. The van der Waals surface area contributed by atoms with Crippen LogP contribution in [0.5, 0.6) is 0 Å². The number of para-hydroxylation sites is 1. The van der Waals surface area contributed by atoms with Gasteiger partial charge in [0.1, 0.15) is 17.9 Å². The summed E-state index contributed by atoms with van der Waals surface area (Å²) >= 11 is 0. The molecule has 0 spiro atoms. The molecule has 0 bridgehead atoms. The second-order valence-electron chi connectivity index (χ2n) is 5.83. The van der Waals surface area contributed by atoms with Gasteiger partial charge in [0.15, 0.2) is 0 Å². The Balaban J connectivity index is 1.86. The molecule has 5 nitrogen and oxygen atoms in total. The minimum atomic E-state index is -0.0817. The SMILES string of the molecule is Cc1ccc(NC(=O)Cn2c(C)nc3c(N)cccc32)c(C)c1. The van der Waals surface area contributed by atoms with Crippen LogP contribution in [0.3, 0.4) is 0 Å². The average molecular weight is 308 g/mol. The number of fused-ring (bicyclic) bond motifs is 1. The predicted molar refractivity (Wildman–Crippen MR) is 93.4 cm³/mol. The van der Waals surface area contributed by atoms with Gasteiger partial charge in [0.25, 0.3) is 0 Å². The highest BCUT2D eigenvalue weighted by Gasteiger charge is 2.13. The van der Waals surface area contributed by atoms with E-state index in [1.165, 1.54) is 5.56 Å². The van der Waals surface area contributed by atoms with Crippen LogP contribution in [0.4, 0.5) is 11.4 Å². The topological polar surface area (TPSA) is 72.9 Å². The van der Waals surface area contributed by atoms with Gasteiger partial charge in [0.05, 0.1) is 11.2 Å². The van der Waals surface area contributed by atoms with Crippen LogP contribution in [0.25, 0.3) is 11.0 Å². The molecule has 0 saturated heterocycles.